The molecule has 4 heteroatoms. The largest absolute Gasteiger partial charge is 1.00 e. The van der Waals surface area contributed by atoms with Gasteiger partial charge in [0.1, 0.15) is 0 Å². The first-order valence-electron chi connectivity index (χ1n) is 7.71. The Labute approximate surface area is 175 Å². The van der Waals surface area contributed by atoms with Crippen LogP contribution >= 0.6 is 0 Å². The Morgan fingerprint density at radius 1 is 1.12 bits per heavy atom. The summed E-state index contributed by atoms with van der Waals surface area (Å²) < 4.78 is 0. The maximum atomic E-state index is 2.99. The van der Waals surface area contributed by atoms with Gasteiger partial charge >= 0.3 is 41.9 Å². The molecule has 0 bridgehead atoms. The van der Waals surface area contributed by atoms with E-state index in [0.29, 0.717) is 0 Å². The second-order valence-corrected chi connectivity index (χ2v) is 16.0. The van der Waals surface area contributed by atoms with E-state index in [-0.39, 0.29) is 35.7 Å². The molecular formula is C20H26Cl2SiZr-2. The molecular weight excluding hydrogens is 430 g/mol. The van der Waals surface area contributed by atoms with Crippen LogP contribution in [0, 0.1) is 6.08 Å². The monoisotopic (exact) mass is 454 g/mol. The van der Waals surface area contributed by atoms with Crippen LogP contribution in [0.1, 0.15) is 32.8 Å². The SMILES string of the molecule is CC(C)(C)c1c[cH-]c2ccccc12.C[Si](C)=[Zr+2].[C-]1=CC=CC1.[Cl-].[Cl-]. The maximum Gasteiger partial charge on any atom is -0.109 e. The van der Waals surface area contributed by atoms with Crippen molar-refractivity contribution < 1.29 is 48.1 Å². The Morgan fingerprint density at radius 3 is 2.12 bits per heavy atom. The van der Waals surface area contributed by atoms with Crippen molar-refractivity contribution >= 4 is 16.2 Å². The van der Waals surface area contributed by atoms with Gasteiger partial charge in [0, 0.05) is 0 Å². The van der Waals surface area contributed by atoms with Crippen molar-refractivity contribution in [3.63, 3.8) is 0 Å². The van der Waals surface area contributed by atoms with Crippen molar-refractivity contribution in [2.45, 2.75) is 45.7 Å². The molecule has 0 unspecified atom stereocenters. The van der Waals surface area contributed by atoms with Crippen molar-refractivity contribution in [3.05, 3.63) is 66.3 Å². The van der Waals surface area contributed by atoms with Crippen molar-refractivity contribution in [1.82, 2.24) is 0 Å². The molecule has 0 saturated heterocycles. The van der Waals surface area contributed by atoms with Gasteiger partial charge in [0.15, 0.2) is 0 Å². The van der Waals surface area contributed by atoms with E-state index in [9.17, 15) is 0 Å². The van der Waals surface area contributed by atoms with E-state index in [4.69, 9.17) is 0 Å². The summed E-state index contributed by atoms with van der Waals surface area (Å²) in [6.45, 7) is 11.4. The molecule has 130 valence electrons. The van der Waals surface area contributed by atoms with Gasteiger partial charge in [-0.15, -0.1) is 53.1 Å². The van der Waals surface area contributed by atoms with Gasteiger partial charge in [-0.1, -0.05) is 32.3 Å². The molecule has 2 aromatic rings. The minimum absolute atomic E-state index is 0. The van der Waals surface area contributed by atoms with Gasteiger partial charge in [0.05, 0.1) is 0 Å². The summed E-state index contributed by atoms with van der Waals surface area (Å²) in [4.78, 5) is 0. The maximum absolute atomic E-state index is 2.99. The number of fused-ring (bicyclic) bond motifs is 1. The van der Waals surface area contributed by atoms with E-state index in [2.05, 4.69) is 82.4 Å². The quantitative estimate of drug-likeness (QED) is 0.385. The van der Waals surface area contributed by atoms with Gasteiger partial charge in [0.2, 0.25) is 0 Å². The summed E-state index contributed by atoms with van der Waals surface area (Å²) >= 11 is 1.74. The Hall–Kier alpha value is -0.0100. The topological polar surface area (TPSA) is 0 Å². The van der Waals surface area contributed by atoms with Gasteiger partial charge in [-0.05, 0) is 0 Å². The molecule has 1 aliphatic carbocycles. The van der Waals surface area contributed by atoms with Gasteiger partial charge in [-0.3, -0.25) is 6.08 Å². The molecule has 0 radical (unpaired) electrons. The van der Waals surface area contributed by atoms with Crippen LogP contribution in [0.25, 0.3) is 10.8 Å². The summed E-state index contributed by atoms with van der Waals surface area (Å²) in [5, 5.41) is 2.75. The van der Waals surface area contributed by atoms with Crippen LogP contribution in [-0.2, 0) is 28.8 Å². The van der Waals surface area contributed by atoms with Crippen LogP contribution in [0.5, 0.6) is 0 Å². The smallest absolute Gasteiger partial charge is 0.109 e. The molecule has 1 aliphatic rings. The zero-order valence-corrected chi connectivity index (χ0v) is 20.1. The van der Waals surface area contributed by atoms with Crippen LogP contribution in [0.3, 0.4) is 0 Å². The van der Waals surface area contributed by atoms with Crippen LogP contribution in [0.15, 0.2) is 54.6 Å². The molecule has 0 N–H and O–H groups in total. The normalized spacial score (nSPS) is 11.5. The first kappa shape index (κ1) is 26.2. The zero-order valence-electron chi connectivity index (χ0n) is 15.2. The van der Waals surface area contributed by atoms with Crippen LogP contribution in [-0.4, -0.2) is 5.43 Å². The number of allylic oxidation sites excluding steroid dienone is 4. The fraction of sp³-hybridized carbons (Fsp3) is 0.350. The number of hydrogen-bond acceptors (Lipinski definition) is 0. The van der Waals surface area contributed by atoms with E-state index < -0.39 is 0 Å². The number of benzene rings is 1. The van der Waals surface area contributed by atoms with E-state index in [1.54, 1.807) is 23.3 Å². The molecule has 0 atom stereocenters. The number of halogens is 2. The van der Waals surface area contributed by atoms with Gasteiger partial charge < -0.3 is 24.8 Å². The van der Waals surface area contributed by atoms with Crippen molar-refractivity contribution in [2.75, 3.05) is 0 Å². The van der Waals surface area contributed by atoms with Crippen molar-refractivity contribution in [3.8, 4) is 0 Å². The zero-order chi connectivity index (χ0) is 16.6. The fourth-order valence-corrected chi connectivity index (χ4v) is 2.14. The molecule has 0 fully saturated rings. The third-order valence-electron chi connectivity index (χ3n) is 3.07. The molecule has 24 heavy (non-hydrogen) atoms. The molecule has 0 nitrogen and oxygen atoms in total. The third-order valence-corrected chi connectivity index (χ3v) is 3.07. The van der Waals surface area contributed by atoms with Crippen LogP contribution < -0.4 is 24.8 Å². The molecule has 2 aromatic carbocycles. The average Bonchev–Trinajstić information content (AvgIpc) is 3.10. The third kappa shape index (κ3) is 10.1. The summed E-state index contributed by atoms with van der Waals surface area (Å²) in [6, 6.07) is 13.0. The van der Waals surface area contributed by atoms with Crippen molar-refractivity contribution in [2.24, 2.45) is 0 Å². The predicted molar refractivity (Wildman–Crippen MR) is 97.3 cm³/mol. The molecule has 3 rings (SSSR count). The van der Waals surface area contributed by atoms with E-state index in [0.717, 1.165) is 6.42 Å². The summed E-state index contributed by atoms with van der Waals surface area (Å²) in [5.74, 6) is 0. The molecule has 0 spiro atoms. The van der Waals surface area contributed by atoms with E-state index in [1.807, 2.05) is 12.2 Å². The summed E-state index contributed by atoms with van der Waals surface area (Å²) in [7, 11) is 0. The van der Waals surface area contributed by atoms with E-state index >= 15 is 0 Å². The first-order valence-corrected chi connectivity index (χ1v) is 13.9. The minimum atomic E-state index is 0. The Kier molecular flexibility index (Phi) is 14.5. The summed E-state index contributed by atoms with van der Waals surface area (Å²) in [6.07, 6.45) is 10.0. The molecule has 0 aromatic heterocycles. The number of rotatable bonds is 0. The summed E-state index contributed by atoms with van der Waals surface area (Å²) in [5.41, 5.74) is 1.91. The molecule has 0 aliphatic heterocycles. The molecule has 0 saturated carbocycles. The number of hydrogen-bond donors (Lipinski definition) is 0. The van der Waals surface area contributed by atoms with Gasteiger partial charge in [-0.2, -0.15) is 6.08 Å². The van der Waals surface area contributed by atoms with Crippen molar-refractivity contribution in [1.29, 1.82) is 0 Å². The van der Waals surface area contributed by atoms with Crippen LogP contribution in [0.2, 0.25) is 13.1 Å². The standard InChI is InChI=1S/C13H15.C5H5.C2H6Si.2ClH.Zr/c1-13(2,3)12-9-8-10-6-4-5-7-11(10)12;1-2-4-5-3-1;1-3-2;;;/h4-9H,1-3H3;1-3H,4H2;1-2H3;2*1H;/q2*-1;;;;+2/p-2. The second-order valence-electron chi connectivity index (χ2n) is 6.59. The minimum Gasteiger partial charge on any atom is -1.00 e. The fourth-order valence-electron chi connectivity index (χ4n) is 2.14. The molecule has 0 heterocycles. The first-order chi connectivity index (χ1) is 10.3. The second kappa shape index (κ2) is 13.2. The predicted octanol–water partition coefficient (Wildman–Crippen LogP) is -0.0458. The van der Waals surface area contributed by atoms with E-state index in [1.165, 1.54) is 16.3 Å². The van der Waals surface area contributed by atoms with Crippen LogP contribution in [0.4, 0.5) is 0 Å². The Bertz CT molecular complexity index is 650. The Balaban J connectivity index is 0. The average molecular weight is 457 g/mol. The van der Waals surface area contributed by atoms with Gasteiger partial charge in [-0.25, -0.2) is 12.2 Å². The van der Waals surface area contributed by atoms with Gasteiger partial charge in [0.25, 0.3) is 0 Å². The molecule has 0 amide bonds. The Morgan fingerprint density at radius 2 is 1.71 bits per heavy atom.